The number of hydrogen-bond acceptors (Lipinski definition) is 6. The van der Waals surface area contributed by atoms with Crippen molar-refractivity contribution in [1.82, 2.24) is 0 Å². The number of nitrogens with two attached hydrogens (primary N) is 1. The van der Waals surface area contributed by atoms with Crippen molar-refractivity contribution in [3.8, 4) is 0 Å². The minimum Gasteiger partial charge on any atom is -0.510 e. The fraction of sp³-hybridized carbons (Fsp3) is 0.100. The zero-order valence-electron chi connectivity index (χ0n) is 9.70. The lowest BCUT2D eigenvalue weighted by Gasteiger charge is -1.98. The van der Waals surface area contributed by atoms with Crippen molar-refractivity contribution in [3.63, 3.8) is 0 Å². The lowest BCUT2D eigenvalue weighted by molar-refractivity contribution is -0.384. The summed E-state index contributed by atoms with van der Waals surface area (Å²) in [4.78, 5) is 20.9. The van der Waals surface area contributed by atoms with Crippen molar-refractivity contribution in [2.24, 2.45) is 16.0 Å². The average Bonchev–Trinajstić information content (AvgIpc) is 2.30. The number of carbonyl (C=O) groups excluding carboxylic acids is 1. The van der Waals surface area contributed by atoms with Crippen LogP contribution in [0.5, 0.6) is 0 Å². The number of nitro groups is 1. The third kappa shape index (κ3) is 3.75. The third-order valence-corrected chi connectivity index (χ3v) is 2.29. The van der Waals surface area contributed by atoms with E-state index in [-0.39, 0.29) is 16.4 Å². The number of primary amides is 1. The Balaban J connectivity index is 3.13. The van der Waals surface area contributed by atoms with Gasteiger partial charge in [-0.2, -0.15) is 0 Å². The molecule has 100 valence electrons. The highest BCUT2D eigenvalue weighted by Crippen LogP contribution is 2.29. The molecule has 1 amide bonds. The summed E-state index contributed by atoms with van der Waals surface area (Å²) in [6.45, 7) is 1.21. The second-order valence-corrected chi connectivity index (χ2v) is 3.80. The lowest BCUT2D eigenvalue weighted by atomic mass is 10.3. The van der Waals surface area contributed by atoms with Crippen LogP contribution in [0.3, 0.4) is 0 Å². The molecule has 8 nitrogen and oxygen atoms in total. The standard InChI is InChI=1S/C10H9ClN4O4/c1-5(16)9(10(12)17)14-13-6-2-3-7(11)8(4-6)15(18)19/h2-4,16H,1H3,(H2,12,17). The Bertz CT molecular complexity index is 593. The van der Waals surface area contributed by atoms with E-state index in [1.807, 2.05) is 0 Å². The molecule has 0 aliphatic rings. The second-order valence-electron chi connectivity index (χ2n) is 3.39. The van der Waals surface area contributed by atoms with Crippen LogP contribution in [0.1, 0.15) is 6.92 Å². The van der Waals surface area contributed by atoms with Crippen molar-refractivity contribution in [3.05, 3.63) is 44.8 Å². The predicted octanol–water partition coefficient (Wildman–Crippen LogP) is 2.61. The molecule has 0 spiro atoms. The average molecular weight is 285 g/mol. The Morgan fingerprint density at radius 2 is 2.16 bits per heavy atom. The molecular formula is C10H9ClN4O4. The largest absolute Gasteiger partial charge is 0.510 e. The highest BCUT2D eigenvalue weighted by atomic mass is 35.5. The van der Waals surface area contributed by atoms with Crippen molar-refractivity contribution in [2.45, 2.75) is 6.92 Å². The Labute approximate surface area is 112 Å². The van der Waals surface area contributed by atoms with Gasteiger partial charge in [0.15, 0.2) is 5.70 Å². The van der Waals surface area contributed by atoms with E-state index in [9.17, 15) is 14.9 Å². The minimum atomic E-state index is -0.966. The second kappa shape index (κ2) is 5.91. The first-order chi connectivity index (χ1) is 8.82. The normalized spacial score (nSPS) is 12.3. The van der Waals surface area contributed by atoms with Crippen LogP contribution >= 0.6 is 11.6 Å². The predicted molar refractivity (Wildman–Crippen MR) is 67.1 cm³/mol. The van der Waals surface area contributed by atoms with E-state index in [1.165, 1.54) is 19.1 Å². The summed E-state index contributed by atoms with van der Waals surface area (Å²) in [7, 11) is 0. The van der Waals surface area contributed by atoms with Gasteiger partial charge < -0.3 is 10.8 Å². The Hall–Kier alpha value is -2.48. The van der Waals surface area contributed by atoms with Crippen molar-refractivity contribution >= 4 is 28.9 Å². The molecule has 0 radical (unpaired) electrons. The van der Waals surface area contributed by atoms with Gasteiger partial charge in [0.1, 0.15) is 10.8 Å². The molecule has 9 heteroatoms. The SMILES string of the molecule is CC(O)=C(N=Nc1ccc(Cl)c([N+](=O)[O-])c1)C(N)=O. The number of benzene rings is 1. The molecule has 0 bridgehead atoms. The van der Waals surface area contributed by atoms with Crippen LogP contribution in [-0.4, -0.2) is 15.9 Å². The highest BCUT2D eigenvalue weighted by molar-refractivity contribution is 6.32. The molecule has 0 heterocycles. The summed E-state index contributed by atoms with van der Waals surface area (Å²) in [5.74, 6) is -1.37. The fourth-order valence-corrected chi connectivity index (χ4v) is 1.30. The maximum Gasteiger partial charge on any atom is 0.290 e. The maximum atomic E-state index is 10.9. The number of nitrogens with zero attached hydrogens (tertiary/aromatic N) is 3. The zero-order chi connectivity index (χ0) is 14.6. The molecule has 1 aromatic rings. The van der Waals surface area contributed by atoms with Crippen LogP contribution in [0.25, 0.3) is 0 Å². The van der Waals surface area contributed by atoms with E-state index >= 15 is 0 Å². The first-order valence-corrected chi connectivity index (χ1v) is 5.26. The van der Waals surface area contributed by atoms with Crippen LogP contribution in [0.4, 0.5) is 11.4 Å². The number of allylic oxidation sites excluding steroid dienone is 1. The number of amides is 1. The third-order valence-electron chi connectivity index (χ3n) is 1.97. The van der Waals surface area contributed by atoms with Gasteiger partial charge in [0.25, 0.3) is 11.6 Å². The summed E-state index contributed by atoms with van der Waals surface area (Å²) in [5, 5.41) is 26.8. The molecular weight excluding hydrogens is 276 g/mol. The minimum absolute atomic E-state index is 0.0482. The number of nitro benzene ring substituents is 1. The molecule has 1 rings (SSSR count). The first-order valence-electron chi connectivity index (χ1n) is 4.88. The number of rotatable bonds is 4. The summed E-state index contributed by atoms with van der Waals surface area (Å²) in [6, 6.07) is 3.72. The van der Waals surface area contributed by atoms with Gasteiger partial charge in [0.05, 0.1) is 10.6 Å². The van der Waals surface area contributed by atoms with Gasteiger partial charge >= 0.3 is 0 Å². The van der Waals surface area contributed by atoms with Crippen LogP contribution in [0, 0.1) is 10.1 Å². The monoisotopic (exact) mass is 284 g/mol. The van der Waals surface area contributed by atoms with Gasteiger partial charge in [0, 0.05) is 6.07 Å². The van der Waals surface area contributed by atoms with E-state index in [4.69, 9.17) is 22.4 Å². The number of hydrogen-bond donors (Lipinski definition) is 2. The van der Waals surface area contributed by atoms with Crippen molar-refractivity contribution in [2.75, 3.05) is 0 Å². The number of azo groups is 1. The van der Waals surface area contributed by atoms with Gasteiger partial charge in [-0.15, -0.1) is 10.2 Å². The van der Waals surface area contributed by atoms with Crippen molar-refractivity contribution < 1.29 is 14.8 Å². The van der Waals surface area contributed by atoms with Gasteiger partial charge in [-0.25, -0.2) is 0 Å². The van der Waals surface area contributed by atoms with E-state index in [2.05, 4.69) is 10.2 Å². The fourth-order valence-electron chi connectivity index (χ4n) is 1.11. The summed E-state index contributed by atoms with van der Waals surface area (Å²) in [6.07, 6.45) is 0. The van der Waals surface area contributed by atoms with E-state index in [0.29, 0.717) is 0 Å². The van der Waals surface area contributed by atoms with E-state index < -0.39 is 22.3 Å². The molecule has 0 saturated carbocycles. The number of carbonyl (C=O) groups is 1. The Morgan fingerprint density at radius 3 is 2.63 bits per heavy atom. The van der Waals surface area contributed by atoms with Crippen LogP contribution in [0.15, 0.2) is 39.9 Å². The van der Waals surface area contributed by atoms with Crippen LogP contribution < -0.4 is 5.73 Å². The number of halogens is 1. The molecule has 0 aliphatic heterocycles. The molecule has 19 heavy (non-hydrogen) atoms. The molecule has 0 atom stereocenters. The Morgan fingerprint density at radius 1 is 1.53 bits per heavy atom. The summed E-state index contributed by atoms with van der Waals surface area (Å²) >= 11 is 5.62. The van der Waals surface area contributed by atoms with Crippen LogP contribution in [-0.2, 0) is 4.79 Å². The van der Waals surface area contributed by atoms with Crippen molar-refractivity contribution in [1.29, 1.82) is 0 Å². The van der Waals surface area contributed by atoms with Crippen LogP contribution in [0.2, 0.25) is 5.02 Å². The molecule has 0 aliphatic carbocycles. The molecule has 3 N–H and O–H groups in total. The lowest BCUT2D eigenvalue weighted by Crippen LogP contribution is -2.13. The highest BCUT2D eigenvalue weighted by Gasteiger charge is 2.13. The quantitative estimate of drug-likeness (QED) is 0.289. The molecule has 0 aromatic heterocycles. The van der Waals surface area contributed by atoms with Gasteiger partial charge in [-0.05, 0) is 19.1 Å². The molecule has 0 fully saturated rings. The Kier molecular flexibility index (Phi) is 4.54. The molecule has 1 aromatic carbocycles. The smallest absolute Gasteiger partial charge is 0.290 e. The topological polar surface area (TPSA) is 131 Å². The maximum absolute atomic E-state index is 10.9. The first kappa shape index (κ1) is 14.6. The van der Waals surface area contributed by atoms with Gasteiger partial charge in [0.2, 0.25) is 0 Å². The number of aliphatic hydroxyl groups is 1. The van der Waals surface area contributed by atoms with Gasteiger partial charge in [-0.1, -0.05) is 11.6 Å². The molecule has 0 unspecified atom stereocenters. The summed E-state index contributed by atoms with van der Waals surface area (Å²) < 4.78 is 0. The van der Waals surface area contributed by atoms with Gasteiger partial charge in [-0.3, -0.25) is 14.9 Å². The van der Waals surface area contributed by atoms with E-state index in [1.54, 1.807) is 0 Å². The van der Waals surface area contributed by atoms with E-state index in [0.717, 1.165) is 6.07 Å². The molecule has 0 saturated heterocycles. The number of aliphatic hydroxyl groups excluding tert-OH is 1. The zero-order valence-corrected chi connectivity index (χ0v) is 10.5. The summed E-state index contributed by atoms with van der Waals surface area (Å²) in [5.41, 5.74) is 4.28.